The van der Waals surface area contributed by atoms with Crippen LogP contribution in [0.2, 0.25) is 5.02 Å². The summed E-state index contributed by atoms with van der Waals surface area (Å²) in [5.41, 5.74) is 10.3. The van der Waals surface area contributed by atoms with E-state index in [4.69, 9.17) is 16.9 Å². The van der Waals surface area contributed by atoms with Crippen LogP contribution in [0.4, 0.5) is 5.69 Å². The summed E-state index contributed by atoms with van der Waals surface area (Å²) in [6.45, 7) is 3.13. The highest BCUT2D eigenvalue weighted by molar-refractivity contribution is 6.31. The molecule has 0 amide bonds. The topological polar surface area (TPSA) is 44.0 Å². The van der Waals surface area contributed by atoms with Gasteiger partial charge in [-0.15, -0.1) is 0 Å². The number of benzene rings is 2. The smallest absolute Gasteiger partial charge is 0.0738 e. The van der Waals surface area contributed by atoms with Gasteiger partial charge in [0.2, 0.25) is 0 Å². The van der Waals surface area contributed by atoms with Crippen molar-refractivity contribution < 1.29 is 0 Å². The van der Waals surface area contributed by atoms with E-state index in [0.717, 1.165) is 35.2 Å². The van der Waals surface area contributed by atoms with Gasteiger partial charge in [-0.25, -0.2) is 5.32 Å². The van der Waals surface area contributed by atoms with Crippen LogP contribution in [-0.2, 0) is 0 Å². The standard InChI is InChI=1S/C24H22ClN4/c1-16-20(21-8-5-12-26-21)15-24(17-6-3-2-4-7-17)29(16)28-22-11-13-27-23-14-18(25)9-10-19(22)23/h2-4,6-7,9-11,13-15,21H,5,8,12H2,1H3,(H,27,28). The third-order valence-corrected chi connectivity index (χ3v) is 5.87. The lowest BCUT2D eigenvalue weighted by Crippen LogP contribution is -2.14. The highest BCUT2D eigenvalue weighted by Gasteiger charge is 2.24. The van der Waals surface area contributed by atoms with Crippen molar-refractivity contribution in [2.75, 3.05) is 12.0 Å². The summed E-state index contributed by atoms with van der Waals surface area (Å²) >= 11 is 6.16. The van der Waals surface area contributed by atoms with Crippen molar-refractivity contribution >= 4 is 28.2 Å². The zero-order chi connectivity index (χ0) is 19.8. The van der Waals surface area contributed by atoms with Gasteiger partial charge in [-0.2, -0.15) is 0 Å². The van der Waals surface area contributed by atoms with E-state index in [1.54, 1.807) is 0 Å². The van der Waals surface area contributed by atoms with E-state index in [1.807, 2.05) is 36.5 Å². The number of pyridine rings is 1. The van der Waals surface area contributed by atoms with Gasteiger partial charge in [0.15, 0.2) is 0 Å². The van der Waals surface area contributed by atoms with Crippen molar-refractivity contribution in [3.05, 3.63) is 83.1 Å². The van der Waals surface area contributed by atoms with Crippen molar-refractivity contribution in [2.45, 2.75) is 25.8 Å². The molecule has 0 aliphatic carbocycles. The first-order valence-electron chi connectivity index (χ1n) is 9.96. The first kappa shape index (κ1) is 18.2. The summed E-state index contributed by atoms with van der Waals surface area (Å²) in [6, 6.07) is 20.9. The Labute approximate surface area is 175 Å². The van der Waals surface area contributed by atoms with Crippen molar-refractivity contribution in [3.8, 4) is 11.3 Å². The lowest BCUT2D eigenvalue weighted by Gasteiger charge is -2.17. The van der Waals surface area contributed by atoms with Gasteiger partial charge >= 0.3 is 0 Å². The van der Waals surface area contributed by atoms with Crippen LogP contribution < -0.4 is 10.7 Å². The van der Waals surface area contributed by atoms with Gasteiger partial charge in [-0.3, -0.25) is 15.1 Å². The van der Waals surface area contributed by atoms with E-state index in [-0.39, 0.29) is 6.04 Å². The van der Waals surface area contributed by atoms with Crippen LogP contribution in [0.3, 0.4) is 0 Å². The Balaban J connectivity index is 1.64. The lowest BCUT2D eigenvalue weighted by atomic mass is 10.0. The van der Waals surface area contributed by atoms with Gasteiger partial charge in [0, 0.05) is 34.4 Å². The van der Waals surface area contributed by atoms with Crippen molar-refractivity contribution in [1.29, 1.82) is 0 Å². The van der Waals surface area contributed by atoms with Gasteiger partial charge in [0.25, 0.3) is 0 Å². The van der Waals surface area contributed by atoms with Crippen molar-refractivity contribution in [3.63, 3.8) is 0 Å². The van der Waals surface area contributed by atoms with E-state index in [0.29, 0.717) is 5.02 Å². The number of halogens is 1. The SMILES string of the molecule is Cc1c(C2CCC[N]2)cc(-c2ccccc2)n1Nc1ccnc2cc(Cl)ccc12. The van der Waals surface area contributed by atoms with Crippen LogP contribution >= 0.6 is 11.6 Å². The molecule has 2 aromatic carbocycles. The minimum Gasteiger partial charge on any atom is -0.293 e. The van der Waals surface area contributed by atoms with Crippen LogP contribution in [0.5, 0.6) is 0 Å². The molecule has 0 bridgehead atoms. The Morgan fingerprint density at radius 2 is 1.93 bits per heavy atom. The zero-order valence-electron chi connectivity index (χ0n) is 16.3. The zero-order valence-corrected chi connectivity index (χ0v) is 17.0. The summed E-state index contributed by atoms with van der Waals surface area (Å²) < 4.78 is 2.18. The molecule has 1 fully saturated rings. The molecule has 29 heavy (non-hydrogen) atoms. The van der Waals surface area contributed by atoms with E-state index in [9.17, 15) is 0 Å². The maximum Gasteiger partial charge on any atom is 0.0738 e. The number of hydrogen-bond acceptors (Lipinski definition) is 2. The first-order chi connectivity index (χ1) is 14.2. The second-order valence-corrected chi connectivity index (χ2v) is 7.90. The third kappa shape index (κ3) is 3.39. The summed E-state index contributed by atoms with van der Waals surface area (Å²) in [7, 11) is 0. The van der Waals surface area contributed by atoms with E-state index in [1.165, 1.54) is 23.2 Å². The number of hydrogen-bond donors (Lipinski definition) is 1. The maximum atomic E-state index is 6.16. The number of aromatic nitrogens is 2. The van der Waals surface area contributed by atoms with Crippen LogP contribution in [0.15, 0.2) is 66.9 Å². The van der Waals surface area contributed by atoms with Crippen molar-refractivity contribution in [2.24, 2.45) is 0 Å². The molecule has 1 radical (unpaired) electrons. The summed E-state index contributed by atoms with van der Waals surface area (Å²) in [4.78, 5) is 4.47. The van der Waals surface area contributed by atoms with Gasteiger partial charge in [-0.1, -0.05) is 41.9 Å². The fraction of sp³-hybridized carbons (Fsp3) is 0.208. The largest absolute Gasteiger partial charge is 0.293 e. The average molecular weight is 402 g/mol. The molecule has 3 heterocycles. The second kappa shape index (κ2) is 7.54. The Kier molecular flexibility index (Phi) is 4.74. The molecule has 1 N–H and O–H groups in total. The number of fused-ring (bicyclic) bond motifs is 1. The van der Waals surface area contributed by atoms with Crippen LogP contribution in [-0.4, -0.2) is 16.2 Å². The first-order valence-corrected chi connectivity index (χ1v) is 10.3. The molecule has 1 atom stereocenters. The number of rotatable bonds is 4. The maximum absolute atomic E-state index is 6.16. The molecule has 1 aliphatic heterocycles. The van der Waals surface area contributed by atoms with E-state index < -0.39 is 0 Å². The minimum atomic E-state index is 0.286. The molecule has 2 aromatic heterocycles. The van der Waals surface area contributed by atoms with Gasteiger partial charge in [-0.05, 0) is 55.7 Å². The highest BCUT2D eigenvalue weighted by Crippen LogP contribution is 2.34. The van der Waals surface area contributed by atoms with Crippen LogP contribution in [0.25, 0.3) is 22.2 Å². The Morgan fingerprint density at radius 3 is 2.72 bits per heavy atom. The molecule has 1 unspecified atom stereocenters. The van der Waals surface area contributed by atoms with Crippen LogP contribution in [0.1, 0.15) is 30.1 Å². The molecule has 4 nitrogen and oxygen atoms in total. The molecule has 5 rings (SSSR count). The van der Waals surface area contributed by atoms with E-state index in [2.05, 4.69) is 52.3 Å². The number of anilines is 1. The fourth-order valence-corrected chi connectivity index (χ4v) is 4.31. The van der Waals surface area contributed by atoms with Crippen LogP contribution in [0, 0.1) is 6.92 Å². The van der Waals surface area contributed by atoms with Gasteiger partial charge in [0.05, 0.1) is 22.9 Å². The summed E-state index contributed by atoms with van der Waals surface area (Å²) in [5, 5.41) is 6.54. The summed E-state index contributed by atoms with van der Waals surface area (Å²) in [6.07, 6.45) is 4.10. The predicted molar refractivity (Wildman–Crippen MR) is 119 cm³/mol. The molecule has 5 heteroatoms. The molecule has 0 saturated carbocycles. The third-order valence-electron chi connectivity index (χ3n) is 5.64. The molecule has 1 saturated heterocycles. The van der Waals surface area contributed by atoms with E-state index >= 15 is 0 Å². The minimum absolute atomic E-state index is 0.286. The van der Waals surface area contributed by atoms with Gasteiger partial charge in [0.1, 0.15) is 0 Å². The monoisotopic (exact) mass is 401 g/mol. The fourth-order valence-electron chi connectivity index (χ4n) is 4.14. The molecule has 145 valence electrons. The molecule has 0 spiro atoms. The highest BCUT2D eigenvalue weighted by atomic mass is 35.5. The Bertz CT molecular complexity index is 1160. The Morgan fingerprint density at radius 1 is 1.07 bits per heavy atom. The summed E-state index contributed by atoms with van der Waals surface area (Å²) in [5.74, 6) is 0. The van der Waals surface area contributed by atoms with Gasteiger partial charge < -0.3 is 0 Å². The molecular formula is C24H22ClN4. The second-order valence-electron chi connectivity index (χ2n) is 7.47. The van der Waals surface area contributed by atoms with Crippen molar-refractivity contribution in [1.82, 2.24) is 15.0 Å². The molecular weight excluding hydrogens is 380 g/mol. The molecule has 4 aromatic rings. The Hall–Kier alpha value is -2.82. The lowest BCUT2D eigenvalue weighted by molar-refractivity contribution is 0.629. The molecule has 1 aliphatic rings. The quantitative estimate of drug-likeness (QED) is 0.457. The number of nitrogens with zero attached hydrogens (tertiary/aromatic N) is 3. The predicted octanol–water partition coefficient (Wildman–Crippen LogP) is 5.98. The average Bonchev–Trinajstić information content (AvgIpc) is 3.37. The normalized spacial score (nSPS) is 16.4. The number of nitrogens with one attached hydrogen (secondary N) is 1.